The van der Waals surface area contributed by atoms with Crippen molar-refractivity contribution >= 4 is 29.4 Å². The Bertz CT molecular complexity index is 943. The number of rotatable bonds is 7. The Morgan fingerprint density at radius 1 is 0.966 bits per heavy atom. The molecule has 0 unspecified atom stereocenters. The molecule has 0 radical (unpaired) electrons. The number of hydrogen-bond acceptors (Lipinski definition) is 4. The normalized spacial score (nSPS) is 11.9. The second-order valence-electron chi connectivity index (χ2n) is 6.53. The predicted molar refractivity (Wildman–Crippen MR) is 107 cm³/mol. The molecule has 2 aromatic rings. The molecule has 0 spiro atoms. The van der Waals surface area contributed by atoms with E-state index in [2.05, 4.69) is 0 Å². The van der Waals surface area contributed by atoms with Crippen molar-refractivity contribution in [3.63, 3.8) is 0 Å². The van der Waals surface area contributed by atoms with Crippen LogP contribution in [-0.2, 0) is 15.8 Å². The monoisotopic (exact) mass is 403 g/mol. The summed E-state index contributed by atoms with van der Waals surface area (Å²) in [5.41, 5.74) is 0.0418. The average Bonchev–Trinajstić information content (AvgIpc) is 2.65. The summed E-state index contributed by atoms with van der Waals surface area (Å²) in [7, 11) is 3.26. The summed E-state index contributed by atoms with van der Waals surface area (Å²) in [4.78, 5) is 25.4. The first-order chi connectivity index (χ1) is 13.6. The van der Waals surface area contributed by atoms with Crippen LogP contribution in [0.2, 0.25) is 0 Å². The van der Waals surface area contributed by atoms with E-state index in [1.54, 1.807) is 31.1 Å². The van der Waals surface area contributed by atoms with Crippen LogP contribution in [0.25, 0.3) is 12.2 Å². The summed E-state index contributed by atoms with van der Waals surface area (Å²) in [6.45, 7) is 0. The fourth-order valence-corrected chi connectivity index (χ4v) is 2.46. The van der Waals surface area contributed by atoms with Gasteiger partial charge < -0.3 is 10.0 Å². The summed E-state index contributed by atoms with van der Waals surface area (Å²) < 4.78 is 39.9. The van der Waals surface area contributed by atoms with E-state index in [-0.39, 0.29) is 11.3 Å². The van der Waals surface area contributed by atoms with Crippen LogP contribution < -0.4 is 4.90 Å². The van der Waals surface area contributed by atoms with Crippen molar-refractivity contribution in [1.82, 2.24) is 0 Å². The molecule has 2 rings (SSSR count). The van der Waals surface area contributed by atoms with Gasteiger partial charge in [0.2, 0.25) is 0 Å². The molecule has 0 fully saturated rings. The molecule has 152 valence electrons. The maximum absolute atomic E-state index is 13.3. The first-order valence-corrected chi connectivity index (χ1v) is 8.65. The van der Waals surface area contributed by atoms with Gasteiger partial charge in [0.15, 0.2) is 11.6 Å². The van der Waals surface area contributed by atoms with E-state index >= 15 is 0 Å². The van der Waals surface area contributed by atoms with Crippen molar-refractivity contribution in [3.8, 4) is 5.75 Å². The fourth-order valence-electron chi connectivity index (χ4n) is 2.46. The van der Waals surface area contributed by atoms with Gasteiger partial charge in [-0.1, -0.05) is 30.4 Å². The van der Waals surface area contributed by atoms with E-state index in [4.69, 9.17) is 0 Å². The van der Waals surface area contributed by atoms with E-state index in [1.807, 2.05) is 0 Å². The first kappa shape index (κ1) is 21.9. The minimum absolute atomic E-state index is 0.0885. The number of ketones is 2. The van der Waals surface area contributed by atoms with Crippen LogP contribution in [0.3, 0.4) is 0 Å². The van der Waals surface area contributed by atoms with Crippen LogP contribution in [0.5, 0.6) is 5.75 Å². The Balaban J connectivity index is 2.08. The third-order valence-electron chi connectivity index (χ3n) is 4.01. The van der Waals surface area contributed by atoms with Gasteiger partial charge in [0, 0.05) is 19.8 Å². The van der Waals surface area contributed by atoms with Crippen LogP contribution >= 0.6 is 0 Å². The number of anilines is 1. The summed E-state index contributed by atoms with van der Waals surface area (Å²) in [6, 6.07) is 9.92. The molecule has 2 aromatic carbocycles. The van der Waals surface area contributed by atoms with Gasteiger partial charge >= 0.3 is 6.18 Å². The second-order valence-corrected chi connectivity index (χ2v) is 6.53. The number of aromatic hydroxyl groups is 1. The van der Waals surface area contributed by atoms with Crippen molar-refractivity contribution < 1.29 is 27.9 Å². The zero-order valence-corrected chi connectivity index (χ0v) is 15.9. The highest BCUT2D eigenvalue weighted by atomic mass is 19.4. The number of hydrogen-bond donors (Lipinski definition) is 1. The van der Waals surface area contributed by atoms with Crippen LogP contribution in [0.15, 0.2) is 54.6 Å². The molecule has 0 aliphatic carbocycles. The van der Waals surface area contributed by atoms with Crippen molar-refractivity contribution in [2.75, 3.05) is 19.0 Å². The molecule has 4 nitrogen and oxygen atoms in total. The van der Waals surface area contributed by atoms with E-state index in [0.717, 1.165) is 18.2 Å². The lowest BCUT2D eigenvalue weighted by Crippen LogP contribution is -2.13. The van der Waals surface area contributed by atoms with Crippen molar-refractivity contribution in [2.24, 2.45) is 0 Å². The number of halogens is 3. The lowest BCUT2D eigenvalue weighted by molar-refractivity contribution is -0.137. The smallest absolute Gasteiger partial charge is 0.417 e. The summed E-state index contributed by atoms with van der Waals surface area (Å²) in [5.74, 6) is -0.993. The molecular formula is C22H20F3NO3. The summed E-state index contributed by atoms with van der Waals surface area (Å²) >= 11 is 0. The van der Waals surface area contributed by atoms with Gasteiger partial charge in [-0.05, 0) is 47.5 Å². The van der Waals surface area contributed by atoms with E-state index < -0.39 is 29.7 Å². The molecule has 0 saturated carbocycles. The third-order valence-corrected chi connectivity index (χ3v) is 4.01. The van der Waals surface area contributed by atoms with Crippen molar-refractivity contribution in [3.05, 3.63) is 71.3 Å². The van der Waals surface area contributed by atoms with E-state index in [1.165, 1.54) is 36.4 Å². The number of phenolic OH excluding ortho intramolecular Hbond substituents is 1. The molecule has 29 heavy (non-hydrogen) atoms. The molecule has 0 heterocycles. The van der Waals surface area contributed by atoms with Crippen molar-refractivity contribution in [2.45, 2.75) is 12.6 Å². The first-order valence-electron chi connectivity index (χ1n) is 8.65. The van der Waals surface area contributed by atoms with Crippen LogP contribution in [0, 0.1) is 0 Å². The number of carbonyl (C=O) groups is 2. The van der Waals surface area contributed by atoms with Crippen molar-refractivity contribution in [1.29, 1.82) is 0 Å². The maximum Gasteiger partial charge on any atom is 0.417 e. The Morgan fingerprint density at radius 3 is 2.10 bits per heavy atom. The molecule has 0 aliphatic rings. The summed E-state index contributed by atoms with van der Waals surface area (Å²) in [6.07, 6.45) is -0.279. The van der Waals surface area contributed by atoms with Gasteiger partial charge in [-0.15, -0.1) is 0 Å². The van der Waals surface area contributed by atoms with Crippen LogP contribution in [-0.4, -0.2) is 30.8 Å². The lowest BCUT2D eigenvalue weighted by Gasteiger charge is -2.17. The molecule has 0 aliphatic heterocycles. The van der Waals surface area contributed by atoms with E-state index in [9.17, 15) is 27.9 Å². The second kappa shape index (κ2) is 9.23. The Morgan fingerprint density at radius 2 is 1.55 bits per heavy atom. The van der Waals surface area contributed by atoms with Gasteiger partial charge in [-0.3, -0.25) is 9.59 Å². The molecule has 0 atom stereocenters. The quantitative estimate of drug-likeness (QED) is 0.536. The highest BCUT2D eigenvalue weighted by Crippen LogP contribution is 2.35. The molecule has 0 saturated heterocycles. The number of allylic oxidation sites excluding steroid dienone is 2. The Labute approximate surface area is 166 Å². The number of nitrogens with zero attached hydrogens (tertiary/aromatic N) is 1. The number of alkyl halides is 3. The Kier molecular flexibility index (Phi) is 6.98. The van der Waals surface area contributed by atoms with Gasteiger partial charge in [-0.2, -0.15) is 13.2 Å². The standard InChI is InChI=1S/C22H20F3NO3/c1-26(2)17-8-6-16(21(13-17)22(23,24)25)7-12-20(29)14-19(28)11-5-15-3-9-18(27)10-4-15/h3-13,27H,14H2,1-2H3. The number of benzene rings is 2. The highest BCUT2D eigenvalue weighted by Gasteiger charge is 2.33. The molecule has 0 bridgehead atoms. The average molecular weight is 403 g/mol. The minimum atomic E-state index is -4.57. The third kappa shape index (κ3) is 6.64. The zero-order valence-electron chi connectivity index (χ0n) is 15.9. The van der Waals surface area contributed by atoms with Crippen LogP contribution in [0.1, 0.15) is 23.1 Å². The maximum atomic E-state index is 13.3. The number of phenols is 1. The topological polar surface area (TPSA) is 57.6 Å². The molecule has 1 N–H and O–H groups in total. The molecular weight excluding hydrogens is 383 g/mol. The number of carbonyl (C=O) groups excluding carboxylic acids is 2. The molecule has 0 aromatic heterocycles. The van der Waals surface area contributed by atoms with Gasteiger partial charge in [0.1, 0.15) is 5.75 Å². The SMILES string of the molecule is CN(C)c1ccc(C=CC(=O)CC(=O)C=Cc2ccc(O)cc2)c(C(F)(F)F)c1. The van der Waals surface area contributed by atoms with Gasteiger partial charge in [0.05, 0.1) is 12.0 Å². The fraction of sp³-hybridized carbons (Fsp3) is 0.182. The van der Waals surface area contributed by atoms with E-state index in [0.29, 0.717) is 11.3 Å². The van der Waals surface area contributed by atoms with Crippen LogP contribution in [0.4, 0.5) is 18.9 Å². The van der Waals surface area contributed by atoms with Gasteiger partial charge in [0.25, 0.3) is 0 Å². The highest BCUT2D eigenvalue weighted by molar-refractivity contribution is 6.10. The predicted octanol–water partition coefficient (Wildman–Crippen LogP) is 4.73. The molecule has 7 heteroatoms. The largest absolute Gasteiger partial charge is 0.508 e. The Hall–Kier alpha value is -3.35. The zero-order chi connectivity index (χ0) is 21.6. The minimum Gasteiger partial charge on any atom is -0.508 e. The summed E-state index contributed by atoms with van der Waals surface area (Å²) in [5, 5.41) is 9.20. The molecule has 0 amide bonds. The lowest BCUT2D eigenvalue weighted by atomic mass is 10.0. The van der Waals surface area contributed by atoms with Gasteiger partial charge in [-0.25, -0.2) is 0 Å².